The van der Waals surface area contributed by atoms with E-state index in [1.165, 1.54) is 0 Å². The number of esters is 1. The quantitative estimate of drug-likeness (QED) is 0.643. The van der Waals surface area contributed by atoms with Crippen molar-refractivity contribution in [1.29, 1.82) is 0 Å². The molecule has 12 heavy (non-hydrogen) atoms. The predicted octanol–water partition coefficient (Wildman–Crippen LogP) is 2.14. The average molecular weight is 166 g/mol. The zero-order valence-electron chi connectivity index (χ0n) is 8.91. The maximum atomic E-state index is 10.9. The summed E-state index contributed by atoms with van der Waals surface area (Å²) in [6, 6.07) is 8.35. The van der Waals surface area contributed by atoms with Gasteiger partial charge in [0.05, 0.1) is 2.74 Å². The van der Waals surface area contributed by atoms with Crippen LogP contribution in [0.5, 0.6) is 0 Å². The second-order valence-electron chi connectivity index (χ2n) is 2.30. The summed E-state index contributed by atoms with van der Waals surface area (Å²) in [7, 11) is 0. The van der Waals surface area contributed by atoms with Crippen LogP contribution in [-0.2, 0) is 16.1 Å². The van der Waals surface area contributed by atoms with E-state index < -0.39 is 12.5 Å². The first kappa shape index (κ1) is 6.23. The summed E-state index contributed by atoms with van der Waals surface area (Å²) in [5.41, 5.74) is 0.349. The Morgan fingerprint density at radius 3 is 2.75 bits per heavy atom. The van der Waals surface area contributed by atoms with Gasteiger partial charge >= 0.3 is 5.97 Å². The van der Waals surface area contributed by atoms with Gasteiger partial charge in [0.1, 0.15) is 6.56 Å². The van der Waals surface area contributed by atoms with Gasteiger partial charge < -0.3 is 4.74 Å². The number of benzene rings is 1. The molecule has 0 heterocycles. The van der Waals surface area contributed by atoms with Crippen LogP contribution in [-0.4, -0.2) is 5.97 Å². The van der Waals surface area contributed by atoms with Crippen LogP contribution >= 0.6 is 0 Å². The smallest absolute Gasteiger partial charge is 0.305 e. The van der Waals surface area contributed by atoms with E-state index in [0.717, 1.165) is 0 Å². The van der Waals surface area contributed by atoms with Crippen LogP contribution in [0.15, 0.2) is 30.3 Å². The Balaban J connectivity index is 2.80. The molecule has 1 aromatic rings. The van der Waals surface area contributed by atoms with Crippen molar-refractivity contribution >= 4 is 5.97 Å². The largest absolute Gasteiger partial charge is 0.461 e. The number of hydrogen-bond acceptors (Lipinski definition) is 2. The third-order valence-corrected chi connectivity index (χ3v) is 1.35. The van der Waals surface area contributed by atoms with Gasteiger partial charge in [0.25, 0.3) is 0 Å². The first-order chi connectivity index (χ1) is 6.56. The molecule has 2 heteroatoms. The van der Waals surface area contributed by atoms with Crippen molar-refractivity contribution in [3.8, 4) is 0 Å². The third kappa shape index (κ3) is 2.74. The summed E-state index contributed by atoms with van der Waals surface area (Å²) >= 11 is 0. The second kappa shape index (κ2) is 4.54. The maximum Gasteiger partial charge on any atom is 0.305 e. The molecule has 0 saturated carbocycles. The molecular weight excluding hydrogens is 152 g/mol. The molecular formula is C10H12O2. The van der Waals surface area contributed by atoms with Crippen LogP contribution < -0.4 is 0 Å². The van der Waals surface area contributed by atoms with Gasteiger partial charge in [-0.1, -0.05) is 37.3 Å². The maximum absolute atomic E-state index is 10.9. The Kier molecular flexibility index (Phi) is 2.36. The lowest BCUT2D eigenvalue weighted by Gasteiger charge is -2.01. The predicted molar refractivity (Wildman–Crippen MR) is 46.5 cm³/mol. The Morgan fingerprint density at radius 2 is 2.17 bits per heavy atom. The van der Waals surface area contributed by atoms with Crippen molar-refractivity contribution < 1.29 is 12.3 Å². The van der Waals surface area contributed by atoms with Gasteiger partial charge in [-0.05, 0) is 5.56 Å². The molecule has 0 aliphatic rings. The number of hydrogen-bond donors (Lipinski definition) is 0. The highest BCUT2D eigenvalue weighted by Gasteiger charge is 1.97. The van der Waals surface area contributed by atoms with E-state index in [1.807, 2.05) is 0 Å². The molecule has 0 bridgehead atoms. The Morgan fingerprint density at radius 1 is 1.50 bits per heavy atom. The van der Waals surface area contributed by atoms with Crippen molar-refractivity contribution in [3.63, 3.8) is 0 Å². The molecule has 0 radical (unpaired) electrons. The van der Waals surface area contributed by atoms with Gasteiger partial charge in [-0.3, -0.25) is 4.79 Å². The molecule has 0 N–H and O–H groups in total. The molecule has 0 spiro atoms. The molecule has 0 unspecified atom stereocenters. The average Bonchev–Trinajstić information content (AvgIpc) is 2.18. The molecule has 0 aromatic heterocycles. The molecule has 0 atom stereocenters. The number of carbonyl (C=O) groups is 1. The topological polar surface area (TPSA) is 26.3 Å². The summed E-state index contributed by atoms with van der Waals surface area (Å²) in [6.45, 7) is -0.405. The fraction of sp³-hybridized carbons (Fsp3) is 0.300. The highest BCUT2D eigenvalue weighted by Crippen LogP contribution is 2.00. The monoisotopic (exact) mass is 166 g/mol. The number of ether oxygens (including phenoxy) is 1. The minimum atomic E-state index is -2.03. The van der Waals surface area contributed by atoms with Crippen LogP contribution in [0.2, 0.25) is 0 Å². The molecule has 0 aliphatic heterocycles. The Labute approximate surface area is 75.0 Å². The minimum Gasteiger partial charge on any atom is -0.461 e. The lowest BCUT2D eigenvalue weighted by Crippen LogP contribution is -2.01. The van der Waals surface area contributed by atoms with Crippen molar-refractivity contribution in [2.45, 2.75) is 19.9 Å². The SMILES string of the molecule is [2H]C([2H])(OC(=O)CC)c1ccccc1. The fourth-order valence-corrected chi connectivity index (χ4v) is 0.694. The first-order valence-electron chi connectivity index (χ1n) is 4.83. The van der Waals surface area contributed by atoms with E-state index in [9.17, 15) is 4.79 Å². The lowest BCUT2D eigenvalue weighted by atomic mass is 10.2. The third-order valence-electron chi connectivity index (χ3n) is 1.35. The molecule has 0 fully saturated rings. The zero-order chi connectivity index (χ0) is 10.6. The Hall–Kier alpha value is -1.31. The van der Waals surface area contributed by atoms with Gasteiger partial charge in [0.15, 0.2) is 0 Å². The van der Waals surface area contributed by atoms with Gasteiger partial charge in [-0.25, -0.2) is 0 Å². The van der Waals surface area contributed by atoms with Crippen molar-refractivity contribution in [1.82, 2.24) is 0 Å². The van der Waals surface area contributed by atoms with E-state index in [4.69, 9.17) is 2.74 Å². The zero-order valence-corrected chi connectivity index (χ0v) is 6.91. The van der Waals surface area contributed by atoms with Gasteiger partial charge in [-0.15, -0.1) is 0 Å². The highest BCUT2D eigenvalue weighted by atomic mass is 16.5. The summed E-state index contributed by atoms with van der Waals surface area (Å²) in [6.07, 6.45) is 0.173. The van der Waals surface area contributed by atoms with Crippen molar-refractivity contribution in [2.24, 2.45) is 0 Å². The molecule has 1 rings (SSSR count). The van der Waals surface area contributed by atoms with Crippen LogP contribution in [0.3, 0.4) is 0 Å². The van der Waals surface area contributed by atoms with Gasteiger partial charge in [0, 0.05) is 6.42 Å². The summed E-state index contributed by atoms with van der Waals surface area (Å²) in [5.74, 6) is -0.543. The van der Waals surface area contributed by atoms with E-state index in [2.05, 4.69) is 4.74 Å². The molecule has 1 aromatic carbocycles. The van der Waals surface area contributed by atoms with Crippen LogP contribution in [0.4, 0.5) is 0 Å². The molecule has 0 amide bonds. The van der Waals surface area contributed by atoms with E-state index in [-0.39, 0.29) is 6.42 Å². The highest BCUT2D eigenvalue weighted by molar-refractivity contribution is 5.68. The summed E-state index contributed by atoms with van der Waals surface area (Å²) in [5, 5.41) is 0. The first-order valence-corrected chi connectivity index (χ1v) is 3.83. The van der Waals surface area contributed by atoms with Gasteiger partial charge in [0.2, 0.25) is 0 Å². The van der Waals surface area contributed by atoms with E-state index in [1.54, 1.807) is 37.3 Å². The van der Waals surface area contributed by atoms with E-state index in [0.29, 0.717) is 5.56 Å². The lowest BCUT2D eigenvalue weighted by molar-refractivity contribution is -0.144. The van der Waals surface area contributed by atoms with Crippen molar-refractivity contribution in [2.75, 3.05) is 0 Å². The molecule has 64 valence electrons. The van der Waals surface area contributed by atoms with Crippen LogP contribution in [0, 0.1) is 0 Å². The van der Waals surface area contributed by atoms with E-state index >= 15 is 0 Å². The van der Waals surface area contributed by atoms with Crippen LogP contribution in [0.1, 0.15) is 21.6 Å². The molecule has 2 nitrogen and oxygen atoms in total. The van der Waals surface area contributed by atoms with Crippen LogP contribution in [0.25, 0.3) is 0 Å². The fourth-order valence-electron chi connectivity index (χ4n) is 0.694. The van der Waals surface area contributed by atoms with Crippen molar-refractivity contribution in [3.05, 3.63) is 35.9 Å². The Bertz CT molecular complexity index is 309. The number of rotatable bonds is 3. The van der Waals surface area contributed by atoms with Gasteiger partial charge in [-0.2, -0.15) is 0 Å². The summed E-state index contributed by atoms with van der Waals surface area (Å²) < 4.78 is 19.7. The minimum absolute atomic E-state index is 0.173. The normalized spacial score (nSPS) is 13.1. The number of carbonyl (C=O) groups excluding carboxylic acids is 1. The summed E-state index contributed by atoms with van der Waals surface area (Å²) in [4.78, 5) is 10.9. The second-order valence-corrected chi connectivity index (χ2v) is 2.30. The molecule has 0 saturated heterocycles. The standard InChI is InChI=1S/C10H12O2/c1-2-10(11)12-8-9-6-4-3-5-7-9/h3-7H,2,8H2,1H3/i8D2. The molecule has 0 aliphatic carbocycles.